The van der Waals surface area contributed by atoms with Crippen LogP contribution in [0.15, 0.2) is 43.4 Å². The first-order chi connectivity index (χ1) is 21.3. The van der Waals surface area contributed by atoms with Gasteiger partial charge in [-0.25, -0.2) is 0 Å². The van der Waals surface area contributed by atoms with E-state index in [1.807, 2.05) is 16.2 Å². The molecule has 246 valence electrons. The van der Waals surface area contributed by atoms with Gasteiger partial charge < -0.3 is 17.2 Å². The second-order valence-electron chi connectivity index (χ2n) is 9.70. The van der Waals surface area contributed by atoms with Gasteiger partial charge in [-0.1, -0.05) is 0 Å². The fraction of sp³-hybridized carbons (Fsp3) is 0.462. The minimum absolute atomic E-state index is 0.00793. The summed E-state index contributed by atoms with van der Waals surface area (Å²) in [4.78, 5) is 70.3. The van der Waals surface area contributed by atoms with E-state index in [1.54, 1.807) is 12.1 Å². The summed E-state index contributed by atoms with van der Waals surface area (Å²) in [5, 5.41) is 11.3. The second-order valence-corrected chi connectivity index (χ2v) is 14.6. The molecule has 1 aromatic carbocycles. The Morgan fingerprint density at radius 2 is 1.71 bits per heavy atom. The molecular weight excluding hydrogens is 721 g/mol. The fourth-order valence-corrected chi connectivity index (χ4v) is 9.45. The van der Waals surface area contributed by atoms with Crippen LogP contribution < -0.4 is 38.9 Å². The van der Waals surface area contributed by atoms with Gasteiger partial charge in [0.1, 0.15) is 0 Å². The van der Waals surface area contributed by atoms with Crippen molar-refractivity contribution < 1.29 is 27.0 Å². The van der Waals surface area contributed by atoms with E-state index in [1.165, 1.54) is 25.6 Å². The van der Waals surface area contributed by atoms with Crippen LogP contribution in [-0.4, -0.2) is 78.6 Å². The molecule has 4 atom stereocenters. The van der Waals surface area contributed by atoms with E-state index in [0.29, 0.717) is 23.3 Å². The van der Waals surface area contributed by atoms with E-state index in [2.05, 4.69) is 31.0 Å². The number of benzene rings is 1. The number of nitrogens with zero attached hydrogens (tertiary/aromatic N) is 4. The third-order valence-electron chi connectivity index (χ3n) is 6.04. The van der Waals surface area contributed by atoms with Crippen LogP contribution in [0.2, 0.25) is 0 Å². The van der Waals surface area contributed by atoms with Gasteiger partial charge in [0.05, 0.1) is 0 Å². The zero-order valence-corrected chi connectivity index (χ0v) is 27.7. The van der Waals surface area contributed by atoms with Gasteiger partial charge in [0.25, 0.3) is 0 Å². The number of aliphatic imine (C=N–C) groups is 1. The molecule has 19 heteroatoms. The number of halogens is 1. The maximum atomic E-state index is 13.5. The molecule has 4 amide bonds. The Morgan fingerprint density at radius 1 is 1.04 bits per heavy atom. The molecule has 0 saturated heterocycles. The van der Waals surface area contributed by atoms with E-state index in [9.17, 15) is 24.0 Å². The molecular formula is C26H38IN11O6S. The fourth-order valence-electron chi connectivity index (χ4n) is 3.61. The molecule has 0 fully saturated rings. The van der Waals surface area contributed by atoms with Crippen molar-refractivity contribution in [1.82, 2.24) is 16.0 Å². The number of primary amides is 1. The monoisotopic (exact) mass is 759 g/mol. The predicted molar refractivity (Wildman–Crippen MR) is 178 cm³/mol. The third kappa shape index (κ3) is 12.4. The summed E-state index contributed by atoms with van der Waals surface area (Å²) in [6.45, 7) is 3.13. The first-order valence-electron chi connectivity index (χ1n) is 13.7. The Hall–Kier alpha value is -4.07. The summed E-state index contributed by atoms with van der Waals surface area (Å²) in [6, 6.07) is 2.82. The molecule has 0 aromatic heterocycles. The van der Waals surface area contributed by atoms with Crippen molar-refractivity contribution in [2.24, 2.45) is 33.0 Å². The quantitative estimate of drug-likeness (QED) is 0.0201. The molecule has 0 bridgehead atoms. The van der Waals surface area contributed by atoms with Gasteiger partial charge in [0.2, 0.25) is 0 Å². The molecule has 11 N–H and O–H groups in total. The van der Waals surface area contributed by atoms with Crippen LogP contribution in [0, 0.1) is 3.57 Å². The van der Waals surface area contributed by atoms with E-state index in [-0.39, 0.29) is 31.2 Å². The van der Waals surface area contributed by atoms with E-state index < -0.39 is 74.0 Å². The van der Waals surface area contributed by atoms with Crippen LogP contribution in [0.3, 0.4) is 0 Å². The van der Waals surface area contributed by atoms with Gasteiger partial charge >= 0.3 is 245 Å². The van der Waals surface area contributed by atoms with Crippen LogP contribution in [0.25, 0.3) is 10.4 Å². The Kier molecular flexibility index (Phi) is 15.4. The number of carbonyl (C=O) groups excluding carboxylic acids is 5. The van der Waals surface area contributed by atoms with Crippen molar-refractivity contribution in [2.75, 3.05) is 18.8 Å². The van der Waals surface area contributed by atoms with Gasteiger partial charge in [-0.05, 0) is 0 Å². The number of amides is 4. The number of carbonyl (C=O) groups is 5. The Labute approximate surface area is 271 Å². The molecule has 1 aliphatic heterocycles. The molecule has 1 aliphatic rings. The van der Waals surface area contributed by atoms with Crippen molar-refractivity contribution in [1.29, 1.82) is 0 Å². The molecule has 0 spiro atoms. The van der Waals surface area contributed by atoms with Crippen LogP contribution in [-0.2, 0) is 22.2 Å². The molecule has 0 unspecified atom stereocenters. The van der Waals surface area contributed by atoms with Gasteiger partial charge in [0.15, 0.2) is 5.96 Å². The predicted octanol–water partition coefficient (Wildman–Crippen LogP) is 0.0834. The third-order valence-corrected chi connectivity index (χ3v) is 11.9. The Morgan fingerprint density at radius 3 is 2.36 bits per heavy atom. The number of rotatable bonds is 18. The average Bonchev–Trinajstić information content (AvgIpc) is 3.30. The van der Waals surface area contributed by atoms with Crippen LogP contribution >= 0.6 is 32.0 Å². The first kappa shape index (κ1) is 37.1. The number of nitrogens with two attached hydrogens (primary N) is 4. The van der Waals surface area contributed by atoms with Crippen LogP contribution in [0.4, 0.5) is 0 Å². The second kappa shape index (κ2) is 18.7. The van der Waals surface area contributed by atoms with Crippen molar-refractivity contribution in [3.8, 4) is 0 Å². The minimum Gasteiger partial charge on any atom is -0.368 e. The van der Waals surface area contributed by atoms with Gasteiger partial charge in [-0.3, -0.25) is 4.79 Å². The van der Waals surface area contributed by atoms with Crippen molar-refractivity contribution in [2.45, 2.75) is 57.3 Å². The van der Waals surface area contributed by atoms with Gasteiger partial charge in [0, 0.05) is 0 Å². The van der Waals surface area contributed by atoms with Crippen molar-refractivity contribution >= 4 is 67.6 Å². The van der Waals surface area contributed by atoms with Crippen LogP contribution in [0.5, 0.6) is 0 Å². The number of nitrogens with one attached hydrogen (secondary N) is 3. The normalized spacial score (nSPS) is 15.7. The summed E-state index contributed by atoms with van der Waals surface area (Å²) >= 11 is -1.37. The van der Waals surface area contributed by atoms with E-state index >= 15 is 0 Å². The SMILES string of the molecule is C[C@H](N)C(=O)N[C@@H](CS/C(=C\I1OC(=O)c2ccccc21)CCN=[N+]=[N-])C(=O)N[C@@H](CCCN=C(N)N)C(=O)N[C@@H](C)C(N)=O. The number of hydrogen-bond donors (Lipinski definition) is 7. The van der Waals surface area contributed by atoms with Crippen molar-refractivity contribution in [3.05, 3.63) is 52.8 Å². The average molecular weight is 760 g/mol. The van der Waals surface area contributed by atoms with E-state index in [4.69, 9.17) is 31.5 Å². The number of guanidine groups is 1. The smallest absolute Gasteiger partial charge is 0.368 e. The zero-order valence-electron chi connectivity index (χ0n) is 24.8. The molecule has 1 heterocycles. The molecule has 17 nitrogen and oxygen atoms in total. The topological polar surface area (TPSA) is 296 Å². The molecule has 0 radical (unpaired) electrons. The van der Waals surface area contributed by atoms with Gasteiger partial charge in [-0.2, -0.15) is 0 Å². The number of fused-ring (bicyclic) bond motifs is 1. The summed E-state index contributed by atoms with van der Waals surface area (Å²) in [5.74, 6) is -3.31. The summed E-state index contributed by atoms with van der Waals surface area (Å²) < 4.78 is 8.32. The summed E-state index contributed by atoms with van der Waals surface area (Å²) in [6.07, 6.45) is 0.682. The Balaban J connectivity index is 2.30. The zero-order chi connectivity index (χ0) is 33.5. The number of thioether (sulfide) groups is 1. The number of azide groups is 1. The van der Waals surface area contributed by atoms with E-state index in [0.717, 1.165) is 3.57 Å². The molecule has 45 heavy (non-hydrogen) atoms. The van der Waals surface area contributed by atoms with Crippen LogP contribution in [0.1, 0.15) is 43.5 Å². The minimum atomic E-state index is -2.57. The Bertz CT molecular complexity index is 1360. The van der Waals surface area contributed by atoms with Gasteiger partial charge in [-0.15, -0.1) is 0 Å². The molecule has 0 aliphatic carbocycles. The standard InChI is InChI=1S/C26H38IN11O6S/c1-14(28)22(40)37-20(24(42)36-19(8-5-10-33-26(30)31)23(41)35-15(2)21(29)39)13-45-16(9-11-34-38-32)12-27-18-7-4-3-6-17(18)25(43)44-27/h3-4,6-7,12,14-15,19-20H,5,8-11,13,28H2,1-2H3,(H2,29,39)(H,35,41)(H,36,42)(H,37,40)(H4,30,31,33)/b16-12-/t14-,15-,19-,20-/m0/s1. The molecule has 1 aromatic rings. The van der Waals surface area contributed by atoms with Crippen molar-refractivity contribution in [3.63, 3.8) is 0 Å². The first-order valence-corrected chi connectivity index (χ1v) is 17.9. The molecule has 2 rings (SSSR count). The maximum absolute atomic E-state index is 13.5. The summed E-state index contributed by atoms with van der Waals surface area (Å²) in [7, 11) is 0. The molecule has 0 saturated carbocycles. The summed E-state index contributed by atoms with van der Waals surface area (Å²) in [5.41, 5.74) is 31.0. The number of hydrogen-bond acceptors (Lipinski definition) is 10.